The minimum Gasteiger partial charge on any atom is -0.324 e. The van der Waals surface area contributed by atoms with Crippen LogP contribution in [0.1, 0.15) is 24.4 Å². The standard InChI is InChI=1S/C20H18N6/c1-13-3-2-4-15(11-13)23-20-22-12-17-19(25-20)26(16-5-6-16)18(24-17)14-7-9-21-10-8-14/h2-4,7-12,16H,5-6H2,1H3,(H,22,23,25). The lowest BCUT2D eigenvalue weighted by atomic mass is 10.2. The molecule has 0 radical (unpaired) electrons. The summed E-state index contributed by atoms with van der Waals surface area (Å²) in [5.74, 6) is 1.53. The first-order valence-corrected chi connectivity index (χ1v) is 8.77. The molecule has 4 aromatic rings. The maximum atomic E-state index is 4.79. The summed E-state index contributed by atoms with van der Waals surface area (Å²) in [5.41, 5.74) is 4.93. The van der Waals surface area contributed by atoms with Gasteiger partial charge in [0.1, 0.15) is 11.3 Å². The van der Waals surface area contributed by atoms with Gasteiger partial charge in [-0.3, -0.25) is 4.98 Å². The van der Waals surface area contributed by atoms with Gasteiger partial charge >= 0.3 is 0 Å². The Balaban J connectivity index is 1.60. The molecule has 6 heteroatoms. The molecular weight excluding hydrogens is 324 g/mol. The van der Waals surface area contributed by atoms with Crippen LogP contribution in [0.3, 0.4) is 0 Å². The molecule has 0 aliphatic heterocycles. The average Bonchev–Trinajstić information content (AvgIpc) is 3.42. The number of aryl methyl sites for hydroxylation is 1. The number of aromatic nitrogens is 5. The molecular formula is C20H18N6. The maximum Gasteiger partial charge on any atom is 0.229 e. The molecule has 0 amide bonds. The predicted molar refractivity (Wildman–Crippen MR) is 101 cm³/mol. The molecule has 1 saturated carbocycles. The zero-order chi connectivity index (χ0) is 17.5. The fraction of sp³-hybridized carbons (Fsp3) is 0.200. The second kappa shape index (κ2) is 5.91. The van der Waals surface area contributed by atoms with E-state index >= 15 is 0 Å². The Bertz CT molecular complexity index is 1080. The molecule has 0 bridgehead atoms. The van der Waals surface area contributed by atoms with Crippen LogP contribution in [0.2, 0.25) is 0 Å². The number of nitrogens with zero attached hydrogens (tertiary/aromatic N) is 5. The van der Waals surface area contributed by atoms with Gasteiger partial charge in [-0.25, -0.2) is 9.97 Å². The van der Waals surface area contributed by atoms with Crippen LogP contribution in [0.5, 0.6) is 0 Å². The smallest absolute Gasteiger partial charge is 0.229 e. The molecule has 3 heterocycles. The first kappa shape index (κ1) is 15.0. The van der Waals surface area contributed by atoms with E-state index in [1.807, 2.05) is 24.3 Å². The Labute approximate surface area is 151 Å². The normalized spacial score (nSPS) is 13.9. The highest BCUT2D eigenvalue weighted by Crippen LogP contribution is 2.40. The van der Waals surface area contributed by atoms with Crippen LogP contribution in [0, 0.1) is 6.92 Å². The first-order chi connectivity index (χ1) is 12.8. The number of benzene rings is 1. The van der Waals surface area contributed by atoms with Crippen LogP contribution in [0.4, 0.5) is 11.6 Å². The van der Waals surface area contributed by atoms with Crippen molar-refractivity contribution in [3.63, 3.8) is 0 Å². The van der Waals surface area contributed by atoms with E-state index in [-0.39, 0.29) is 0 Å². The number of nitrogens with one attached hydrogen (secondary N) is 1. The van der Waals surface area contributed by atoms with Crippen LogP contribution in [0.25, 0.3) is 22.6 Å². The SMILES string of the molecule is Cc1cccc(Nc2ncc3nc(-c4ccncc4)n(C4CC4)c3n2)c1. The van der Waals surface area contributed by atoms with E-state index in [1.165, 1.54) is 5.56 Å². The summed E-state index contributed by atoms with van der Waals surface area (Å²) in [4.78, 5) is 18.1. The van der Waals surface area contributed by atoms with Gasteiger partial charge in [-0.15, -0.1) is 0 Å². The molecule has 0 atom stereocenters. The van der Waals surface area contributed by atoms with Gasteiger partial charge in [-0.2, -0.15) is 4.98 Å². The van der Waals surface area contributed by atoms with Gasteiger partial charge in [0.05, 0.1) is 6.20 Å². The summed E-state index contributed by atoms with van der Waals surface area (Å²) in [6, 6.07) is 12.6. The minimum absolute atomic E-state index is 0.463. The van der Waals surface area contributed by atoms with Gasteiger partial charge in [-0.1, -0.05) is 12.1 Å². The third-order valence-electron chi connectivity index (χ3n) is 4.56. The highest BCUT2D eigenvalue weighted by molar-refractivity contribution is 5.78. The number of hydrogen-bond donors (Lipinski definition) is 1. The molecule has 5 rings (SSSR count). The Kier molecular flexibility index (Phi) is 3.41. The summed E-state index contributed by atoms with van der Waals surface area (Å²) in [6.45, 7) is 2.07. The van der Waals surface area contributed by atoms with E-state index in [0.717, 1.165) is 41.1 Å². The van der Waals surface area contributed by atoms with Gasteiger partial charge in [-0.05, 0) is 49.6 Å². The van der Waals surface area contributed by atoms with Crippen molar-refractivity contribution in [3.8, 4) is 11.4 Å². The highest BCUT2D eigenvalue weighted by Gasteiger charge is 2.29. The Morgan fingerprint density at radius 3 is 2.69 bits per heavy atom. The van der Waals surface area contributed by atoms with Gasteiger partial charge in [0.15, 0.2) is 5.65 Å². The molecule has 1 aromatic carbocycles. The van der Waals surface area contributed by atoms with Crippen molar-refractivity contribution in [3.05, 3.63) is 60.6 Å². The fourth-order valence-corrected chi connectivity index (χ4v) is 3.19. The van der Waals surface area contributed by atoms with E-state index in [4.69, 9.17) is 9.97 Å². The Morgan fingerprint density at radius 2 is 1.92 bits per heavy atom. The lowest BCUT2D eigenvalue weighted by molar-refractivity contribution is 0.766. The Hall–Kier alpha value is -3.28. The fourth-order valence-electron chi connectivity index (χ4n) is 3.19. The minimum atomic E-state index is 0.463. The van der Waals surface area contributed by atoms with Crippen molar-refractivity contribution in [1.82, 2.24) is 24.5 Å². The van der Waals surface area contributed by atoms with Gasteiger partial charge in [0.2, 0.25) is 5.95 Å². The van der Waals surface area contributed by atoms with Crippen LogP contribution in [-0.2, 0) is 0 Å². The molecule has 0 spiro atoms. The number of hydrogen-bond acceptors (Lipinski definition) is 5. The van der Waals surface area contributed by atoms with Gasteiger partial charge < -0.3 is 9.88 Å². The molecule has 3 aromatic heterocycles. The van der Waals surface area contributed by atoms with Crippen molar-refractivity contribution in [1.29, 1.82) is 0 Å². The number of anilines is 2. The zero-order valence-corrected chi connectivity index (χ0v) is 14.4. The molecule has 0 unspecified atom stereocenters. The van der Waals surface area contributed by atoms with Gasteiger partial charge in [0, 0.05) is 29.7 Å². The molecule has 26 heavy (non-hydrogen) atoms. The van der Waals surface area contributed by atoms with Crippen molar-refractivity contribution >= 4 is 22.8 Å². The molecule has 1 N–H and O–H groups in total. The summed E-state index contributed by atoms with van der Waals surface area (Å²) in [5, 5.41) is 3.30. The third kappa shape index (κ3) is 2.69. The molecule has 6 nitrogen and oxygen atoms in total. The molecule has 1 aliphatic rings. The highest BCUT2D eigenvalue weighted by atomic mass is 15.2. The molecule has 1 fully saturated rings. The van der Waals surface area contributed by atoms with E-state index < -0.39 is 0 Å². The van der Waals surface area contributed by atoms with E-state index in [2.05, 4.69) is 38.9 Å². The van der Waals surface area contributed by atoms with E-state index in [0.29, 0.717) is 12.0 Å². The second-order valence-corrected chi connectivity index (χ2v) is 6.67. The van der Waals surface area contributed by atoms with E-state index in [1.54, 1.807) is 18.6 Å². The van der Waals surface area contributed by atoms with Crippen molar-refractivity contribution in [2.75, 3.05) is 5.32 Å². The number of fused-ring (bicyclic) bond motifs is 1. The average molecular weight is 342 g/mol. The van der Waals surface area contributed by atoms with Gasteiger partial charge in [0.25, 0.3) is 0 Å². The maximum absolute atomic E-state index is 4.79. The van der Waals surface area contributed by atoms with Crippen LogP contribution >= 0.6 is 0 Å². The lowest BCUT2D eigenvalue weighted by Gasteiger charge is -2.08. The summed E-state index contributed by atoms with van der Waals surface area (Å²) >= 11 is 0. The van der Waals surface area contributed by atoms with E-state index in [9.17, 15) is 0 Å². The first-order valence-electron chi connectivity index (χ1n) is 8.77. The summed E-state index contributed by atoms with van der Waals surface area (Å²) in [6.07, 6.45) is 7.71. The lowest BCUT2D eigenvalue weighted by Crippen LogP contribution is -2.01. The second-order valence-electron chi connectivity index (χ2n) is 6.67. The molecule has 0 saturated heterocycles. The monoisotopic (exact) mass is 342 g/mol. The predicted octanol–water partition coefficient (Wildman–Crippen LogP) is 4.28. The molecule has 1 aliphatic carbocycles. The Morgan fingerprint density at radius 1 is 1.08 bits per heavy atom. The third-order valence-corrected chi connectivity index (χ3v) is 4.56. The van der Waals surface area contributed by atoms with Crippen molar-refractivity contribution < 1.29 is 0 Å². The van der Waals surface area contributed by atoms with Crippen LogP contribution < -0.4 is 5.32 Å². The zero-order valence-electron chi connectivity index (χ0n) is 14.4. The van der Waals surface area contributed by atoms with Crippen LogP contribution in [0.15, 0.2) is 55.0 Å². The number of pyridine rings is 1. The van der Waals surface area contributed by atoms with Crippen LogP contribution in [-0.4, -0.2) is 24.5 Å². The number of rotatable bonds is 4. The quantitative estimate of drug-likeness (QED) is 0.600. The van der Waals surface area contributed by atoms with Crippen molar-refractivity contribution in [2.24, 2.45) is 0 Å². The molecule has 128 valence electrons. The van der Waals surface area contributed by atoms with Crippen molar-refractivity contribution in [2.45, 2.75) is 25.8 Å². The summed E-state index contributed by atoms with van der Waals surface area (Å²) in [7, 11) is 0. The number of imidazole rings is 1. The summed E-state index contributed by atoms with van der Waals surface area (Å²) < 4.78 is 2.24. The largest absolute Gasteiger partial charge is 0.324 e. The topological polar surface area (TPSA) is 68.5 Å².